The predicted molar refractivity (Wildman–Crippen MR) is 90.3 cm³/mol. The zero-order chi connectivity index (χ0) is 15.6. The molecule has 1 heterocycles. The van der Waals surface area contributed by atoms with E-state index < -0.39 is 0 Å². The quantitative estimate of drug-likeness (QED) is 0.759. The molecule has 0 aromatic heterocycles. The highest BCUT2D eigenvalue weighted by molar-refractivity contribution is 8.18. The first kappa shape index (κ1) is 15.3. The van der Waals surface area contributed by atoms with Crippen LogP contribution in [0.15, 0.2) is 35.2 Å². The number of carbonyl (C=O) groups excluding carboxylic acids is 2. The number of imide groups is 1. The van der Waals surface area contributed by atoms with Crippen molar-refractivity contribution in [2.24, 2.45) is 5.41 Å². The lowest BCUT2D eigenvalue weighted by Crippen LogP contribution is -2.39. The highest BCUT2D eigenvalue weighted by atomic mass is 32.2. The number of rotatable bonds is 3. The molecule has 3 rings (SSSR count). The Morgan fingerprint density at radius 1 is 1.14 bits per heavy atom. The van der Waals surface area contributed by atoms with Gasteiger partial charge in [0, 0.05) is 6.54 Å². The van der Waals surface area contributed by atoms with Crippen molar-refractivity contribution >= 4 is 29.0 Å². The molecule has 1 saturated carbocycles. The minimum Gasteiger partial charge on any atom is -0.268 e. The Kier molecular flexibility index (Phi) is 4.39. The molecule has 0 radical (unpaired) electrons. The molecule has 1 aromatic rings. The van der Waals surface area contributed by atoms with Crippen molar-refractivity contribution in [2.45, 2.75) is 39.0 Å². The van der Waals surface area contributed by atoms with Crippen molar-refractivity contribution in [3.8, 4) is 0 Å². The number of thioether (sulfide) groups is 1. The van der Waals surface area contributed by atoms with Crippen molar-refractivity contribution < 1.29 is 9.59 Å². The molecule has 0 spiro atoms. The van der Waals surface area contributed by atoms with E-state index in [1.54, 1.807) is 0 Å². The van der Waals surface area contributed by atoms with Crippen LogP contribution in [0.3, 0.4) is 0 Å². The molecule has 1 saturated heterocycles. The fourth-order valence-electron chi connectivity index (χ4n) is 3.28. The lowest BCUT2D eigenvalue weighted by molar-refractivity contribution is -0.124. The van der Waals surface area contributed by atoms with Crippen LogP contribution in [0.1, 0.15) is 44.6 Å². The Bertz CT molecular complexity index is 603. The van der Waals surface area contributed by atoms with Gasteiger partial charge in [-0.15, -0.1) is 0 Å². The van der Waals surface area contributed by atoms with Gasteiger partial charge < -0.3 is 0 Å². The van der Waals surface area contributed by atoms with Gasteiger partial charge in [0.15, 0.2) is 0 Å². The molecule has 1 aromatic carbocycles. The fraction of sp³-hybridized carbons (Fsp3) is 0.444. The molecule has 4 heteroatoms. The van der Waals surface area contributed by atoms with E-state index in [1.165, 1.54) is 24.2 Å². The van der Waals surface area contributed by atoms with E-state index in [9.17, 15) is 9.59 Å². The van der Waals surface area contributed by atoms with Gasteiger partial charge in [-0.25, -0.2) is 0 Å². The second-order valence-corrected chi connectivity index (χ2v) is 7.54. The summed E-state index contributed by atoms with van der Waals surface area (Å²) >= 11 is 1.06. The van der Waals surface area contributed by atoms with Gasteiger partial charge in [0.05, 0.1) is 4.91 Å². The third-order valence-corrected chi connectivity index (χ3v) is 5.48. The van der Waals surface area contributed by atoms with E-state index in [2.05, 4.69) is 6.92 Å². The summed E-state index contributed by atoms with van der Waals surface area (Å²) < 4.78 is 0. The molecule has 22 heavy (non-hydrogen) atoms. The maximum atomic E-state index is 12.6. The summed E-state index contributed by atoms with van der Waals surface area (Å²) in [4.78, 5) is 26.8. The standard InChI is InChI=1S/C18H21NO2S/c1-18(10-6-3-7-11-18)13-19-16(20)15(22-17(19)21)12-14-8-4-2-5-9-14/h2,4-5,8-9,12H,3,6-7,10-11,13H2,1H3. The van der Waals surface area contributed by atoms with Gasteiger partial charge in [0.2, 0.25) is 0 Å². The van der Waals surface area contributed by atoms with Crippen LogP contribution in [0.25, 0.3) is 6.08 Å². The lowest BCUT2D eigenvalue weighted by atomic mass is 9.75. The minimum absolute atomic E-state index is 0.0896. The summed E-state index contributed by atoms with van der Waals surface area (Å²) in [5.74, 6) is -0.134. The fourth-order valence-corrected chi connectivity index (χ4v) is 4.12. The molecule has 2 aliphatic rings. The van der Waals surface area contributed by atoms with Crippen molar-refractivity contribution in [1.29, 1.82) is 0 Å². The van der Waals surface area contributed by atoms with Gasteiger partial charge in [-0.1, -0.05) is 56.5 Å². The summed E-state index contributed by atoms with van der Waals surface area (Å²) in [6.07, 6.45) is 7.69. The summed E-state index contributed by atoms with van der Waals surface area (Å²) in [5, 5.41) is -0.126. The molecule has 3 nitrogen and oxygen atoms in total. The summed E-state index contributed by atoms with van der Waals surface area (Å²) in [7, 11) is 0. The molecular weight excluding hydrogens is 294 g/mol. The number of amides is 2. The molecule has 0 unspecified atom stereocenters. The largest absolute Gasteiger partial charge is 0.293 e. The van der Waals surface area contributed by atoms with Gasteiger partial charge in [-0.05, 0) is 41.7 Å². The average molecular weight is 315 g/mol. The van der Waals surface area contributed by atoms with E-state index >= 15 is 0 Å². The van der Waals surface area contributed by atoms with E-state index in [1.807, 2.05) is 36.4 Å². The number of hydrogen-bond acceptors (Lipinski definition) is 3. The first-order valence-corrected chi connectivity index (χ1v) is 8.70. The monoisotopic (exact) mass is 315 g/mol. The Morgan fingerprint density at radius 2 is 1.82 bits per heavy atom. The highest BCUT2D eigenvalue weighted by Gasteiger charge is 2.40. The maximum absolute atomic E-state index is 12.6. The number of hydrogen-bond donors (Lipinski definition) is 0. The molecule has 0 bridgehead atoms. The van der Waals surface area contributed by atoms with Gasteiger partial charge in [0.1, 0.15) is 0 Å². The van der Waals surface area contributed by atoms with Crippen molar-refractivity contribution in [3.05, 3.63) is 40.8 Å². The molecule has 2 fully saturated rings. The van der Waals surface area contributed by atoms with Gasteiger partial charge in [-0.2, -0.15) is 0 Å². The molecular formula is C18H21NO2S. The first-order valence-electron chi connectivity index (χ1n) is 7.88. The Morgan fingerprint density at radius 3 is 2.50 bits per heavy atom. The second kappa shape index (κ2) is 6.29. The Hall–Kier alpha value is -1.55. The van der Waals surface area contributed by atoms with Crippen LogP contribution >= 0.6 is 11.8 Å². The van der Waals surface area contributed by atoms with Crippen LogP contribution in [0.4, 0.5) is 4.79 Å². The Balaban J connectivity index is 1.76. The molecule has 1 aliphatic heterocycles. The molecule has 1 aliphatic carbocycles. The Labute approximate surface area is 135 Å². The summed E-state index contributed by atoms with van der Waals surface area (Å²) in [6.45, 7) is 2.76. The van der Waals surface area contributed by atoms with Crippen LogP contribution in [0, 0.1) is 5.41 Å². The topological polar surface area (TPSA) is 37.4 Å². The molecule has 2 amide bonds. The van der Waals surface area contributed by atoms with Crippen LogP contribution < -0.4 is 0 Å². The van der Waals surface area contributed by atoms with Crippen LogP contribution in [0.5, 0.6) is 0 Å². The van der Waals surface area contributed by atoms with E-state index in [-0.39, 0.29) is 16.6 Å². The van der Waals surface area contributed by atoms with Crippen molar-refractivity contribution in [2.75, 3.05) is 6.54 Å². The number of benzene rings is 1. The molecule has 116 valence electrons. The van der Waals surface area contributed by atoms with Gasteiger partial charge >= 0.3 is 0 Å². The summed E-state index contributed by atoms with van der Waals surface area (Å²) in [6, 6.07) is 9.68. The van der Waals surface area contributed by atoms with E-state index in [0.717, 1.165) is 30.2 Å². The first-order chi connectivity index (χ1) is 10.6. The zero-order valence-electron chi connectivity index (χ0n) is 12.9. The predicted octanol–water partition coefficient (Wildman–Crippen LogP) is 4.69. The third kappa shape index (κ3) is 3.27. The zero-order valence-corrected chi connectivity index (χ0v) is 13.7. The summed E-state index contributed by atoms with van der Waals surface area (Å²) in [5.41, 5.74) is 1.05. The minimum atomic E-state index is -0.134. The van der Waals surface area contributed by atoms with Crippen LogP contribution in [0.2, 0.25) is 0 Å². The van der Waals surface area contributed by atoms with Crippen LogP contribution in [-0.4, -0.2) is 22.6 Å². The van der Waals surface area contributed by atoms with E-state index in [4.69, 9.17) is 0 Å². The number of nitrogens with zero attached hydrogens (tertiary/aromatic N) is 1. The van der Waals surface area contributed by atoms with Gasteiger partial charge in [0.25, 0.3) is 11.1 Å². The molecule has 0 N–H and O–H groups in total. The third-order valence-electron chi connectivity index (χ3n) is 4.57. The highest BCUT2D eigenvalue weighted by Crippen LogP contribution is 2.40. The van der Waals surface area contributed by atoms with Crippen LogP contribution in [-0.2, 0) is 4.79 Å². The van der Waals surface area contributed by atoms with E-state index in [0.29, 0.717) is 11.4 Å². The number of carbonyl (C=O) groups is 2. The normalized spacial score (nSPS) is 23.3. The second-order valence-electron chi connectivity index (χ2n) is 6.55. The maximum Gasteiger partial charge on any atom is 0.293 e. The van der Waals surface area contributed by atoms with Crippen molar-refractivity contribution in [1.82, 2.24) is 4.90 Å². The van der Waals surface area contributed by atoms with Gasteiger partial charge in [-0.3, -0.25) is 14.5 Å². The average Bonchev–Trinajstić information content (AvgIpc) is 2.76. The molecule has 0 atom stereocenters. The SMILES string of the molecule is CC1(CN2C(=O)SC(=Cc3ccccc3)C2=O)CCCCC1. The van der Waals surface area contributed by atoms with Crippen molar-refractivity contribution in [3.63, 3.8) is 0 Å². The lowest BCUT2D eigenvalue weighted by Gasteiger charge is -2.35. The smallest absolute Gasteiger partial charge is 0.268 e.